The Balaban J connectivity index is 1.65. The molecule has 6 heteroatoms. The fourth-order valence-corrected chi connectivity index (χ4v) is 4.11. The van der Waals surface area contributed by atoms with Crippen molar-refractivity contribution in [2.24, 2.45) is 0 Å². The van der Waals surface area contributed by atoms with Gasteiger partial charge in [0.15, 0.2) is 0 Å². The van der Waals surface area contributed by atoms with Crippen LogP contribution in [0.5, 0.6) is 5.75 Å². The van der Waals surface area contributed by atoms with Gasteiger partial charge in [-0.05, 0) is 39.2 Å². The van der Waals surface area contributed by atoms with E-state index in [1.807, 2.05) is 18.2 Å². The highest BCUT2D eigenvalue weighted by Crippen LogP contribution is 2.32. The Labute approximate surface area is 160 Å². The van der Waals surface area contributed by atoms with Gasteiger partial charge in [-0.1, -0.05) is 18.2 Å². The van der Waals surface area contributed by atoms with Gasteiger partial charge in [-0.25, -0.2) is 9.97 Å². The van der Waals surface area contributed by atoms with Crippen LogP contribution in [0.25, 0.3) is 0 Å². The van der Waals surface area contributed by atoms with E-state index >= 15 is 0 Å². The Hall–Kier alpha value is -2.34. The standard InChI is InChI=1S/C21H28N4O2/c1-21(2)14-24(12-16-7-3-4-9-18(16)27-21)19-11-20(23-15-22-19)25-10-6-5-8-17(25)13-26/h3-4,7,9,11,15,17,26H,5-6,8,10,12-14H2,1-2H3. The summed E-state index contributed by atoms with van der Waals surface area (Å²) in [5.41, 5.74) is 0.839. The molecule has 4 rings (SSSR count). The van der Waals surface area contributed by atoms with E-state index in [1.54, 1.807) is 6.33 Å². The van der Waals surface area contributed by atoms with Gasteiger partial charge < -0.3 is 19.6 Å². The molecule has 1 N–H and O–H groups in total. The lowest BCUT2D eigenvalue weighted by molar-refractivity contribution is 0.121. The number of aliphatic hydroxyl groups is 1. The predicted molar refractivity (Wildman–Crippen MR) is 106 cm³/mol. The summed E-state index contributed by atoms with van der Waals surface area (Å²) in [5, 5.41) is 9.74. The molecule has 0 aliphatic carbocycles. The van der Waals surface area contributed by atoms with E-state index < -0.39 is 0 Å². The van der Waals surface area contributed by atoms with Crippen molar-refractivity contribution in [3.05, 3.63) is 42.2 Å². The van der Waals surface area contributed by atoms with Crippen LogP contribution in [0.3, 0.4) is 0 Å². The second-order valence-corrected chi connectivity index (χ2v) is 8.09. The third-order valence-corrected chi connectivity index (χ3v) is 5.39. The van der Waals surface area contributed by atoms with Crippen LogP contribution in [0.4, 0.5) is 11.6 Å². The minimum atomic E-state index is -0.323. The molecular weight excluding hydrogens is 340 g/mol. The molecule has 3 heterocycles. The summed E-state index contributed by atoms with van der Waals surface area (Å²) in [6.07, 6.45) is 4.94. The highest BCUT2D eigenvalue weighted by molar-refractivity contribution is 5.53. The molecule has 1 saturated heterocycles. The van der Waals surface area contributed by atoms with Gasteiger partial charge in [0.25, 0.3) is 0 Å². The van der Waals surface area contributed by atoms with Crippen LogP contribution in [0.2, 0.25) is 0 Å². The second kappa shape index (κ2) is 7.35. The largest absolute Gasteiger partial charge is 0.486 e. The van der Waals surface area contributed by atoms with E-state index in [4.69, 9.17) is 4.74 Å². The van der Waals surface area contributed by atoms with Gasteiger partial charge in [-0.2, -0.15) is 0 Å². The molecule has 0 saturated carbocycles. The highest BCUT2D eigenvalue weighted by Gasteiger charge is 2.30. The number of aliphatic hydroxyl groups excluding tert-OH is 1. The van der Waals surface area contributed by atoms with Gasteiger partial charge in [0.05, 0.1) is 19.2 Å². The van der Waals surface area contributed by atoms with Crippen molar-refractivity contribution >= 4 is 11.6 Å². The van der Waals surface area contributed by atoms with Crippen LogP contribution in [0, 0.1) is 0 Å². The van der Waals surface area contributed by atoms with E-state index in [2.05, 4.69) is 45.7 Å². The maximum absolute atomic E-state index is 9.74. The van der Waals surface area contributed by atoms with Crippen LogP contribution in [-0.2, 0) is 6.54 Å². The molecule has 1 atom stereocenters. The van der Waals surface area contributed by atoms with Crippen molar-refractivity contribution in [3.8, 4) is 5.75 Å². The highest BCUT2D eigenvalue weighted by atomic mass is 16.5. The number of hydrogen-bond donors (Lipinski definition) is 1. The number of aromatic nitrogens is 2. The molecule has 27 heavy (non-hydrogen) atoms. The Kier molecular flexibility index (Phi) is 4.91. The molecule has 2 aliphatic rings. The summed E-state index contributed by atoms with van der Waals surface area (Å²) in [4.78, 5) is 13.5. The number of fused-ring (bicyclic) bond motifs is 1. The number of piperidine rings is 1. The molecule has 1 aromatic heterocycles. The van der Waals surface area contributed by atoms with Crippen molar-refractivity contribution in [2.45, 2.75) is 51.3 Å². The zero-order chi connectivity index (χ0) is 18.9. The van der Waals surface area contributed by atoms with Gasteiger partial charge >= 0.3 is 0 Å². The van der Waals surface area contributed by atoms with E-state index in [1.165, 1.54) is 0 Å². The summed E-state index contributed by atoms with van der Waals surface area (Å²) in [6.45, 7) is 6.80. The number of rotatable bonds is 3. The zero-order valence-electron chi connectivity index (χ0n) is 16.1. The lowest BCUT2D eigenvalue weighted by atomic mass is 10.0. The van der Waals surface area contributed by atoms with Crippen molar-refractivity contribution in [2.75, 3.05) is 29.5 Å². The molecule has 0 radical (unpaired) electrons. The number of para-hydroxylation sites is 1. The summed E-state index contributed by atoms with van der Waals surface area (Å²) in [5.74, 6) is 2.74. The lowest BCUT2D eigenvalue weighted by Gasteiger charge is -2.36. The first-order valence-electron chi connectivity index (χ1n) is 9.77. The molecule has 0 amide bonds. The smallest absolute Gasteiger partial charge is 0.134 e. The topological polar surface area (TPSA) is 61.7 Å². The van der Waals surface area contributed by atoms with Crippen LogP contribution < -0.4 is 14.5 Å². The first-order chi connectivity index (χ1) is 13.1. The number of hydrogen-bond acceptors (Lipinski definition) is 6. The summed E-state index contributed by atoms with van der Waals surface area (Å²) in [7, 11) is 0. The minimum Gasteiger partial charge on any atom is -0.486 e. The molecule has 6 nitrogen and oxygen atoms in total. The average Bonchev–Trinajstić information content (AvgIpc) is 2.82. The third kappa shape index (κ3) is 3.86. The number of nitrogens with zero attached hydrogens (tertiary/aromatic N) is 4. The Bertz CT molecular complexity index is 795. The van der Waals surface area contributed by atoms with Crippen molar-refractivity contribution in [1.82, 2.24) is 9.97 Å². The fraction of sp³-hybridized carbons (Fsp3) is 0.524. The molecule has 2 aliphatic heterocycles. The normalized spacial score (nSPS) is 22.0. The maximum Gasteiger partial charge on any atom is 0.134 e. The Morgan fingerprint density at radius 3 is 2.85 bits per heavy atom. The van der Waals surface area contributed by atoms with Crippen molar-refractivity contribution in [3.63, 3.8) is 0 Å². The van der Waals surface area contributed by atoms with Crippen LogP contribution in [-0.4, -0.2) is 46.4 Å². The van der Waals surface area contributed by atoms with E-state index in [-0.39, 0.29) is 18.2 Å². The minimum absolute atomic E-state index is 0.145. The van der Waals surface area contributed by atoms with Crippen LogP contribution in [0.1, 0.15) is 38.7 Å². The monoisotopic (exact) mass is 368 g/mol. The third-order valence-electron chi connectivity index (χ3n) is 5.39. The predicted octanol–water partition coefficient (Wildman–Crippen LogP) is 3.01. The quantitative estimate of drug-likeness (QED) is 0.899. The molecule has 1 fully saturated rings. The molecule has 1 aromatic carbocycles. The Morgan fingerprint density at radius 1 is 1.19 bits per heavy atom. The van der Waals surface area contributed by atoms with E-state index in [0.717, 1.165) is 61.8 Å². The molecule has 2 aromatic rings. The Morgan fingerprint density at radius 2 is 2.00 bits per heavy atom. The summed E-state index contributed by atoms with van der Waals surface area (Å²) < 4.78 is 6.25. The van der Waals surface area contributed by atoms with Gasteiger partial charge in [0.2, 0.25) is 0 Å². The van der Waals surface area contributed by atoms with Crippen molar-refractivity contribution < 1.29 is 9.84 Å². The molecule has 0 spiro atoms. The lowest BCUT2D eigenvalue weighted by Crippen LogP contribution is -2.43. The first kappa shape index (κ1) is 18.0. The number of benzene rings is 1. The van der Waals surface area contributed by atoms with Crippen molar-refractivity contribution in [1.29, 1.82) is 0 Å². The number of anilines is 2. The molecule has 1 unspecified atom stereocenters. The van der Waals surface area contributed by atoms with E-state index in [0.29, 0.717) is 0 Å². The SMILES string of the molecule is CC1(C)CN(c2cc(N3CCCCC3CO)ncn2)Cc2ccccc2O1. The van der Waals surface area contributed by atoms with Crippen LogP contribution in [0.15, 0.2) is 36.7 Å². The van der Waals surface area contributed by atoms with Gasteiger partial charge in [-0.15, -0.1) is 0 Å². The van der Waals surface area contributed by atoms with Gasteiger partial charge in [0.1, 0.15) is 29.3 Å². The first-order valence-corrected chi connectivity index (χ1v) is 9.77. The molecule has 0 bridgehead atoms. The fourth-order valence-electron chi connectivity index (χ4n) is 4.11. The van der Waals surface area contributed by atoms with Gasteiger partial charge in [-0.3, -0.25) is 0 Å². The number of ether oxygens (including phenoxy) is 1. The second-order valence-electron chi connectivity index (χ2n) is 8.09. The average molecular weight is 368 g/mol. The summed E-state index contributed by atoms with van der Waals surface area (Å²) in [6, 6.07) is 10.4. The van der Waals surface area contributed by atoms with E-state index in [9.17, 15) is 5.11 Å². The van der Waals surface area contributed by atoms with Crippen LogP contribution >= 0.6 is 0 Å². The maximum atomic E-state index is 9.74. The molecular formula is C21H28N4O2. The van der Waals surface area contributed by atoms with Gasteiger partial charge in [0, 0.05) is 24.7 Å². The summed E-state index contributed by atoms with van der Waals surface area (Å²) >= 11 is 0. The zero-order valence-corrected chi connectivity index (χ0v) is 16.1. The molecule has 144 valence electrons.